The molecule has 0 aliphatic carbocycles. The molecule has 0 fully saturated rings. The number of anilines is 3. The van der Waals surface area contributed by atoms with E-state index in [4.69, 9.17) is 23.2 Å². The van der Waals surface area contributed by atoms with Gasteiger partial charge in [0.25, 0.3) is 15.9 Å². The molecule has 3 aromatic rings. The van der Waals surface area contributed by atoms with Gasteiger partial charge in [-0.2, -0.15) is 0 Å². The molecule has 0 saturated heterocycles. The van der Waals surface area contributed by atoms with Gasteiger partial charge in [0.15, 0.2) is 0 Å². The minimum absolute atomic E-state index is 0.0192. The number of fused-ring (bicyclic) bond motifs is 1. The number of carbonyl (C=O) groups excluding carboxylic acids is 3. The van der Waals surface area contributed by atoms with E-state index >= 15 is 0 Å². The molecule has 182 valence electrons. The van der Waals surface area contributed by atoms with Gasteiger partial charge in [0.2, 0.25) is 5.91 Å². The molecule has 2 heterocycles. The van der Waals surface area contributed by atoms with Crippen LogP contribution in [0.5, 0.6) is 0 Å². The van der Waals surface area contributed by atoms with Gasteiger partial charge in [-0.1, -0.05) is 23.2 Å². The Hall–Kier alpha value is -3.12. The smallest absolute Gasteiger partial charge is 0.333 e. The van der Waals surface area contributed by atoms with Gasteiger partial charge in [-0.15, -0.1) is 11.3 Å². The molecular weight excluding hydrogens is 535 g/mol. The number of urea groups is 1. The van der Waals surface area contributed by atoms with Crippen LogP contribution in [0.3, 0.4) is 0 Å². The summed E-state index contributed by atoms with van der Waals surface area (Å²) in [6.07, 6.45) is 0.0199. The molecule has 9 nitrogen and oxygen atoms in total. The number of benzene rings is 2. The maximum Gasteiger partial charge on any atom is 0.333 e. The SMILES string of the molecule is CN(C)c1ccc2c(c1)CC(=O)N(c1ccc(NC(=O)NS(=O)(=O)c3ccc(Cl)s3)cc1Cl)C2=O. The van der Waals surface area contributed by atoms with Gasteiger partial charge in [0, 0.05) is 31.0 Å². The number of hydrogen-bond donors (Lipinski definition) is 2. The molecule has 0 bridgehead atoms. The molecule has 1 aliphatic rings. The maximum atomic E-state index is 13.1. The van der Waals surface area contributed by atoms with E-state index in [2.05, 4.69) is 5.32 Å². The predicted octanol–water partition coefficient (Wildman–Crippen LogP) is 4.36. The van der Waals surface area contributed by atoms with Crippen LogP contribution < -0.4 is 19.8 Å². The minimum atomic E-state index is -4.11. The summed E-state index contributed by atoms with van der Waals surface area (Å²) in [5, 5.41) is 2.38. The van der Waals surface area contributed by atoms with Gasteiger partial charge in [0.1, 0.15) is 4.21 Å². The summed E-state index contributed by atoms with van der Waals surface area (Å²) in [4.78, 5) is 41.0. The lowest BCUT2D eigenvalue weighted by Gasteiger charge is -2.28. The number of carbonyl (C=O) groups is 3. The lowest BCUT2D eigenvalue weighted by atomic mass is 9.97. The van der Waals surface area contributed by atoms with Crippen molar-refractivity contribution in [2.75, 3.05) is 29.2 Å². The Balaban J connectivity index is 1.52. The summed E-state index contributed by atoms with van der Waals surface area (Å²) in [7, 11) is -0.378. The van der Waals surface area contributed by atoms with Crippen molar-refractivity contribution in [2.24, 2.45) is 0 Å². The number of imide groups is 1. The Morgan fingerprint density at radius 3 is 2.43 bits per heavy atom. The van der Waals surface area contributed by atoms with Crippen molar-refractivity contribution in [1.29, 1.82) is 0 Å². The van der Waals surface area contributed by atoms with Gasteiger partial charge >= 0.3 is 6.03 Å². The van der Waals surface area contributed by atoms with Crippen molar-refractivity contribution in [3.63, 3.8) is 0 Å². The van der Waals surface area contributed by atoms with Crippen LogP contribution in [0.15, 0.2) is 52.7 Å². The minimum Gasteiger partial charge on any atom is -0.378 e. The Morgan fingerprint density at radius 2 is 1.80 bits per heavy atom. The molecule has 1 aromatic heterocycles. The van der Waals surface area contributed by atoms with Gasteiger partial charge in [-0.05, 0) is 54.1 Å². The topological polar surface area (TPSA) is 116 Å². The van der Waals surface area contributed by atoms with Crippen LogP contribution in [-0.4, -0.2) is 40.4 Å². The fourth-order valence-electron chi connectivity index (χ4n) is 3.47. The van der Waals surface area contributed by atoms with Crippen molar-refractivity contribution >= 4 is 79.5 Å². The summed E-state index contributed by atoms with van der Waals surface area (Å²) in [5.41, 5.74) is 2.20. The second kappa shape index (κ2) is 9.50. The van der Waals surface area contributed by atoms with Crippen molar-refractivity contribution in [3.8, 4) is 0 Å². The molecule has 13 heteroatoms. The molecule has 4 amide bonds. The van der Waals surface area contributed by atoms with Crippen LogP contribution in [0.2, 0.25) is 9.36 Å². The molecule has 0 radical (unpaired) electrons. The molecule has 0 saturated carbocycles. The largest absolute Gasteiger partial charge is 0.378 e. The fourth-order valence-corrected chi connectivity index (χ4v) is 6.12. The van der Waals surface area contributed by atoms with E-state index in [1.165, 1.54) is 30.3 Å². The van der Waals surface area contributed by atoms with Gasteiger partial charge in [0.05, 0.1) is 21.5 Å². The van der Waals surface area contributed by atoms with E-state index in [-0.39, 0.29) is 31.4 Å². The first kappa shape index (κ1) is 25.0. The Morgan fingerprint density at radius 1 is 1.06 bits per heavy atom. The number of halogens is 2. The van der Waals surface area contributed by atoms with E-state index in [1.54, 1.807) is 18.2 Å². The molecule has 0 spiro atoms. The Labute approximate surface area is 215 Å². The number of nitrogens with zero attached hydrogens (tertiary/aromatic N) is 2. The van der Waals surface area contributed by atoms with Crippen LogP contribution in [0, 0.1) is 0 Å². The molecule has 4 rings (SSSR count). The monoisotopic (exact) mass is 552 g/mol. The van der Waals surface area contributed by atoms with E-state index in [0.717, 1.165) is 21.9 Å². The highest BCUT2D eigenvalue weighted by atomic mass is 35.5. The summed E-state index contributed by atoms with van der Waals surface area (Å²) in [5.74, 6) is -0.956. The molecule has 0 atom stereocenters. The average molecular weight is 553 g/mol. The lowest BCUT2D eigenvalue weighted by molar-refractivity contribution is -0.117. The number of hydrogen-bond acceptors (Lipinski definition) is 7. The van der Waals surface area contributed by atoms with E-state index in [0.29, 0.717) is 11.1 Å². The Kier molecular flexibility index (Phi) is 6.78. The zero-order chi connectivity index (χ0) is 25.5. The summed E-state index contributed by atoms with van der Waals surface area (Å²) in [6.45, 7) is 0. The third kappa shape index (κ3) is 5.13. The highest BCUT2D eigenvalue weighted by Gasteiger charge is 2.33. The second-order valence-corrected chi connectivity index (χ2v) is 11.8. The normalized spacial score (nSPS) is 13.4. The number of nitrogens with one attached hydrogen (secondary N) is 2. The zero-order valence-electron chi connectivity index (χ0n) is 18.3. The van der Waals surface area contributed by atoms with Crippen LogP contribution in [0.25, 0.3) is 0 Å². The van der Waals surface area contributed by atoms with Crippen molar-refractivity contribution < 1.29 is 22.8 Å². The zero-order valence-corrected chi connectivity index (χ0v) is 21.5. The summed E-state index contributed by atoms with van der Waals surface area (Å²) in [6, 6.07) is 11.0. The highest BCUT2D eigenvalue weighted by molar-refractivity contribution is 7.92. The van der Waals surface area contributed by atoms with Crippen molar-refractivity contribution in [1.82, 2.24) is 4.72 Å². The average Bonchev–Trinajstić information content (AvgIpc) is 3.21. The molecule has 1 aliphatic heterocycles. The third-order valence-corrected chi connectivity index (χ3v) is 8.47. The molecule has 2 N–H and O–H groups in total. The standard InChI is InChI=1S/C22H18Cl2N4O5S2/c1-27(2)14-4-5-15-12(9-14)10-19(29)28(21(15)30)17-6-3-13(11-16(17)23)25-22(31)26-35(32,33)20-8-7-18(24)34-20/h3-9,11H,10H2,1-2H3,(H2,25,26,31). The van der Waals surface area contributed by atoms with Gasteiger partial charge in [-0.3, -0.25) is 9.59 Å². The van der Waals surface area contributed by atoms with Crippen molar-refractivity contribution in [3.05, 3.63) is 69.0 Å². The Bertz CT molecular complexity index is 1470. The molecular formula is C22H18Cl2N4O5S2. The molecule has 35 heavy (non-hydrogen) atoms. The first-order valence-electron chi connectivity index (χ1n) is 10.0. The van der Waals surface area contributed by atoms with Crippen LogP contribution in [0.4, 0.5) is 21.9 Å². The van der Waals surface area contributed by atoms with Crippen LogP contribution in [-0.2, 0) is 21.2 Å². The van der Waals surface area contributed by atoms with Gasteiger partial charge in [-0.25, -0.2) is 22.8 Å². The first-order chi connectivity index (χ1) is 16.5. The van der Waals surface area contributed by atoms with E-state index in [9.17, 15) is 22.8 Å². The number of thiophene rings is 1. The second-order valence-electron chi connectivity index (χ2n) is 7.73. The number of sulfonamides is 1. The number of rotatable bonds is 5. The third-order valence-electron chi connectivity index (χ3n) is 5.12. The predicted molar refractivity (Wildman–Crippen MR) is 136 cm³/mol. The van der Waals surface area contributed by atoms with Gasteiger partial charge < -0.3 is 10.2 Å². The number of amides is 4. The first-order valence-corrected chi connectivity index (χ1v) is 13.1. The molecule has 0 unspecified atom stereocenters. The summed E-state index contributed by atoms with van der Waals surface area (Å²) >= 11 is 12.9. The maximum absolute atomic E-state index is 13.1. The van der Waals surface area contributed by atoms with E-state index in [1.807, 2.05) is 23.7 Å². The van der Waals surface area contributed by atoms with Crippen LogP contribution in [0.1, 0.15) is 15.9 Å². The lowest BCUT2D eigenvalue weighted by Crippen LogP contribution is -2.42. The highest BCUT2D eigenvalue weighted by Crippen LogP contribution is 2.34. The van der Waals surface area contributed by atoms with E-state index < -0.39 is 27.9 Å². The van der Waals surface area contributed by atoms with Crippen LogP contribution >= 0.6 is 34.5 Å². The summed E-state index contributed by atoms with van der Waals surface area (Å²) < 4.78 is 26.6. The quantitative estimate of drug-likeness (QED) is 0.454. The molecule has 2 aromatic carbocycles. The fraction of sp³-hybridized carbons (Fsp3) is 0.136. The van der Waals surface area contributed by atoms with Crippen molar-refractivity contribution in [2.45, 2.75) is 10.6 Å².